The average molecular weight is 293 g/mol. The minimum absolute atomic E-state index is 0.0445. The van der Waals surface area contributed by atoms with Crippen molar-refractivity contribution in [2.45, 2.75) is 26.3 Å². The first-order valence-corrected chi connectivity index (χ1v) is 7.57. The summed E-state index contributed by atoms with van der Waals surface area (Å²) in [7, 11) is 0. The predicted octanol–water partition coefficient (Wildman–Crippen LogP) is 1.85. The van der Waals surface area contributed by atoms with Gasteiger partial charge in [-0.3, -0.25) is 4.79 Å². The Hall–Kier alpha value is -1.62. The highest BCUT2D eigenvalue weighted by Gasteiger charge is 2.27. The lowest BCUT2D eigenvalue weighted by Crippen LogP contribution is -2.54. The van der Waals surface area contributed by atoms with E-state index in [1.165, 1.54) is 12.1 Å². The van der Waals surface area contributed by atoms with Crippen LogP contribution in [0.25, 0.3) is 0 Å². The van der Waals surface area contributed by atoms with Crippen LogP contribution in [0.3, 0.4) is 0 Å². The average Bonchev–Trinajstić information content (AvgIpc) is 2.53. The molecule has 21 heavy (non-hydrogen) atoms. The maximum atomic E-state index is 12.9. The van der Waals surface area contributed by atoms with E-state index in [1.807, 2.05) is 18.7 Å². The van der Waals surface area contributed by atoms with Crippen LogP contribution in [0.15, 0.2) is 24.3 Å². The number of rotatable bonds is 4. The first-order chi connectivity index (χ1) is 10.0. The summed E-state index contributed by atoms with van der Waals surface area (Å²) >= 11 is 0. The molecule has 0 radical (unpaired) electrons. The molecule has 2 unspecified atom stereocenters. The molecule has 1 amide bonds. The van der Waals surface area contributed by atoms with Crippen molar-refractivity contribution >= 4 is 11.6 Å². The summed E-state index contributed by atoms with van der Waals surface area (Å²) in [6.45, 7) is 6.90. The molecule has 1 aromatic carbocycles. The van der Waals surface area contributed by atoms with E-state index >= 15 is 0 Å². The van der Waals surface area contributed by atoms with E-state index in [0.717, 1.165) is 25.2 Å². The largest absolute Gasteiger partial charge is 0.368 e. The van der Waals surface area contributed by atoms with Gasteiger partial charge in [-0.1, -0.05) is 20.3 Å². The molecule has 116 valence electrons. The van der Waals surface area contributed by atoms with Gasteiger partial charge in [0.05, 0.1) is 6.04 Å². The summed E-state index contributed by atoms with van der Waals surface area (Å²) in [4.78, 5) is 16.3. The van der Waals surface area contributed by atoms with E-state index < -0.39 is 6.04 Å². The summed E-state index contributed by atoms with van der Waals surface area (Å²) in [6, 6.07) is 6.07. The Morgan fingerprint density at radius 1 is 1.24 bits per heavy atom. The van der Waals surface area contributed by atoms with Gasteiger partial charge in [0, 0.05) is 31.9 Å². The lowest BCUT2D eigenvalue weighted by molar-refractivity contribution is -0.134. The van der Waals surface area contributed by atoms with Crippen LogP contribution >= 0.6 is 0 Å². The van der Waals surface area contributed by atoms with Crippen molar-refractivity contribution in [3.05, 3.63) is 30.1 Å². The van der Waals surface area contributed by atoms with Crippen LogP contribution in [0.5, 0.6) is 0 Å². The van der Waals surface area contributed by atoms with Crippen LogP contribution in [-0.4, -0.2) is 43.0 Å². The second-order valence-corrected chi connectivity index (χ2v) is 5.70. The highest BCUT2D eigenvalue weighted by Crippen LogP contribution is 2.18. The van der Waals surface area contributed by atoms with Crippen LogP contribution in [0.4, 0.5) is 10.1 Å². The fraction of sp³-hybridized carbons (Fsp3) is 0.562. The van der Waals surface area contributed by atoms with Gasteiger partial charge >= 0.3 is 0 Å². The molecule has 1 saturated heterocycles. The monoisotopic (exact) mass is 293 g/mol. The highest BCUT2D eigenvalue weighted by atomic mass is 19.1. The summed E-state index contributed by atoms with van der Waals surface area (Å²) in [5.41, 5.74) is 7.01. The third-order valence-corrected chi connectivity index (χ3v) is 4.33. The molecule has 0 saturated carbocycles. The second kappa shape index (κ2) is 6.89. The maximum Gasteiger partial charge on any atom is 0.239 e. The molecule has 1 aliphatic heterocycles. The topological polar surface area (TPSA) is 49.6 Å². The van der Waals surface area contributed by atoms with Crippen LogP contribution in [-0.2, 0) is 4.79 Å². The van der Waals surface area contributed by atoms with Crippen molar-refractivity contribution < 1.29 is 9.18 Å². The first-order valence-electron chi connectivity index (χ1n) is 7.57. The summed E-state index contributed by atoms with van der Waals surface area (Å²) in [5, 5.41) is 0. The zero-order chi connectivity index (χ0) is 15.4. The van der Waals surface area contributed by atoms with E-state index in [9.17, 15) is 9.18 Å². The number of amides is 1. The molecule has 2 rings (SSSR count). The minimum atomic E-state index is -0.410. The van der Waals surface area contributed by atoms with Crippen LogP contribution in [0.1, 0.15) is 20.3 Å². The Kier molecular flexibility index (Phi) is 5.17. The fourth-order valence-corrected chi connectivity index (χ4v) is 2.55. The quantitative estimate of drug-likeness (QED) is 0.921. The van der Waals surface area contributed by atoms with E-state index in [-0.39, 0.29) is 17.6 Å². The number of carbonyl (C=O) groups is 1. The molecule has 0 aromatic heterocycles. The third kappa shape index (κ3) is 3.73. The lowest BCUT2D eigenvalue weighted by Gasteiger charge is -2.37. The van der Waals surface area contributed by atoms with Crippen molar-refractivity contribution in [3.63, 3.8) is 0 Å². The fourth-order valence-electron chi connectivity index (χ4n) is 2.55. The molecule has 4 nitrogen and oxygen atoms in total. The van der Waals surface area contributed by atoms with Crippen molar-refractivity contribution in [3.8, 4) is 0 Å². The zero-order valence-corrected chi connectivity index (χ0v) is 12.8. The SMILES string of the molecule is CCC(C)C(N)C(=O)N1CCN(c2ccc(F)cc2)CC1. The Labute approximate surface area is 125 Å². The van der Waals surface area contributed by atoms with E-state index in [0.29, 0.717) is 13.1 Å². The Morgan fingerprint density at radius 3 is 2.33 bits per heavy atom. The van der Waals surface area contributed by atoms with Crippen molar-refractivity contribution in [2.24, 2.45) is 11.7 Å². The van der Waals surface area contributed by atoms with Crippen molar-refractivity contribution in [1.82, 2.24) is 4.90 Å². The normalized spacial score (nSPS) is 18.5. The number of nitrogens with zero attached hydrogens (tertiary/aromatic N) is 2. The molecular formula is C16H24FN3O. The van der Waals surface area contributed by atoms with Gasteiger partial charge in [0.2, 0.25) is 5.91 Å². The minimum Gasteiger partial charge on any atom is -0.368 e. The van der Waals surface area contributed by atoms with E-state index in [2.05, 4.69) is 4.90 Å². The zero-order valence-electron chi connectivity index (χ0n) is 12.8. The molecular weight excluding hydrogens is 269 g/mol. The van der Waals surface area contributed by atoms with Crippen molar-refractivity contribution in [1.29, 1.82) is 0 Å². The van der Waals surface area contributed by atoms with Gasteiger partial charge in [0.15, 0.2) is 0 Å². The molecule has 0 aliphatic carbocycles. The Balaban J connectivity index is 1.91. The lowest BCUT2D eigenvalue weighted by atomic mass is 9.98. The van der Waals surface area contributed by atoms with Crippen LogP contribution in [0.2, 0.25) is 0 Å². The second-order valence-electron chi connectivity index (χ2n) is 5.70. The third-order valence-electron chi connectivity index (χ3n) is 4.33. The van der Waals surface area contributed by atoms with Gasteiger partial charge < -0.3 is 15.5 Å². The van der Waals surface area contributed by atoms with Gasteiger partial charge in [-0.2, -0.15) is 0 Å². The molecule has 2 N–H and O–H groups in total. The van der Waals surface area contributed by atoms with Crippen LogP contribution < -0.4 is 10.6 Å². The molecule has 1 fully saturated rings. The van der Waals surface area contributed by atoms with Crippen molar-refractivity contribution in [2.75, 3.05) is 31.1 Å². The number of carbonyl (C=O) groups excluding carboxylic acids is 1. The number of piperazine rings is 1. The number of nitrogens with two attached hydrogens (primary N) is 1. The van der Waals surface area contributed by atoms with E-state index in [4.69, 9.17) is 5.73 Å². The molecule has 5 heteroatoms. The predicted molar refractivity (Wildman–Crippen MR) is 82.6 cm³/mol. The number of benzene rings is 1. The molecule has 0 bridgehead atoms. The van der Waals surface area contributed by atoms with Gasteiger partial charge in [0.25, 0.3) is 0 Å². The molecule has 1 heterocycles. The Bertz CT molecular complexity index is 469. The Morgan fingerprint density at radius 2 is 1.81 bits per heavy atom. The number of hydrogen-bond donors (Lipinski definition) is 1. The summed E-state index contributed by atoms with van der Waals surface area (Å²) in [5.74, 6) is 0.0165. The van der Waals surface area contributed by atoms with Gasteiger partial charge in [-0.05, 0) is 30.2 Å². The van der Waals surface area contributed by atoms with Crippen LogP contribution in [0, 0.1) is 11.7 Å². The smallest absolute Gasteiger partial charge is 0.239 e. The number of anilines is 1. The molecule has 0 spiro atoms. The van der Waals surface area contributed by atoms with Gasteiger partial charge in [-0.15, -0.1) is 0 Å². The first kappa shape index (κ1) is 15.8. The van der Waals surface area contributed by atoms with Gasteiger partial charge in [0.1, 0.15) is 5.82 Å². The highest BCUT2D eigenvalue weighted by molar-refractivity contribution is 5.82. The molecule has 1 aromatic rings. The summed E-state index contributed by atoms with van der Waals surface area (Å²) < 4.78 is 12.9. The summed E-state index contributed by atoms with van der Waals surface area (Å²) in [6.07, 6.45) is 0.905. The number of halogens is 1. The number of hydrogen-bond acceptors (Lipinski definition) is 3. The maximum absolute atomic E-state index is 12.9. The molecule has 2 atom stereocenters. The molecule has 1 aliphatic rings. The standard InChI is InChI=1S/C16H24FN3O/c1-3-12(2)15(18)16(21)20-10-8-19(9-11-20)14-6-4-13(17)5-7-14/h4-7,12,15H,3,8-11,18H2,1-2H3. The van der Waals surface area contributed by atoms with Gasteiger partial charge in [-0.25, -0.2) is 4.39 Å². The van der Waals surface area contributed by atoms with E-state index in [1.54, 1.807) is 12.1 Å².